The zero-order valence-corrected chi connectivity index (χ0v) is 8.65. The van der Waals surface area contributed by atoms with E-state index in [4.69, 9.17) is 11.5 Å². The lowest BCUT2D eigenvalue weighted by Gasteiger charge is -2.09. The van der Waals surface area contributed by atoms with Crippen molar-refractivity contribution in [2.45, 2.75) is 20.8 Å². The van der Waals surface area contributed by atoms with Crippen molar-refractivity contribution >= 4 is 11.4 Å². The van der Waals surface area contributed by atoms with E-state index in [9.17, 15) is 0 Å². The Hall–Kier alpha value is -1.26. The number of nitrogen functional groups attached to an aromatic ring is 2. The first-order valence-corrected chi connectivity index (χ1v) is 3.65. The molecule has 0 spiro atoms. The van der Waals surface area contributed by atoms with E-state index in [1.165, 1.54) is 0 Å². The molecule has 13 heavy (non-hydrogen) atoms. The largest absolute Gasteiger partial charge is 0.398 e. The Morgan fingerprint density at radius 3 is 1.46 bits per heavy atom. The van der Waals surface area contributed by atoms with Crippen molar-refractivity contribution < 1.29 is 0 Å². The molecular weight excluding hydrogens is 164 g/mol. The Bertz CT molecular complexity index is 268. The molecule has 0 atom stereocenters. The van der Waals surface area contributed by atoms with Gasteiger partial charge in [0.15, 0.2) is 0 Å². The highest BCUT2D eigenvalue weighted by molar-refractivity contribution is 5.67. The average Bonchev–Trinajstić information content (AvgIpc) is 1.97. The average molecular weight is 184 g/mol. The molecule has 0 amide bonds. The van der Waals surface area contributed by atoms with Gasteiger partial charge in [-0.2, -0.15) is 0 Å². The van der Waals surface area contributed by atoms with Gasteiger partial charge in [-0.15, -0.1) is 0 Å². The van der Waals surface area contributed by atoms with E-state index in [1.54, 1.807) is 0 Å². The summed E-state index contributed by atoms with van der Waals surface area (Å²) in [6, 6.07) is 2.01. The monoisotopic (exact) mass is 184 g/mol. The minimum absolute atomic E-state index is 0. The van der Waals surface area contributed by atoms with Gasteiger partial charge in [0.25, 0.3) is 0 Å². The first-order chi connectivity index (χ1) is 5.04. The molecule has 10 N–H and O–H groups in total. The summed E-state index contributed by atoms with van der Waals surface area (Å²) in [6.45, 7) is 5.94. The van der Waals surface area contributed by atoms with Crippen molar-refractivity contribution in [2.75, 3.05) is 11.5 Å². The third kappa shape index (κ3) is 2.34. The molecule has 4 heteroatoms. The van der Waals surface area contributed by atoms with Crippen LogP contribution in [0, 0.1) is 20.8 Å². The SMILES string of the molecule is Cc1cc(C)c(N)c(C)c1N.N.N. The molecule has 1 rings (SSSR count). The summed E-state index contributed by atoms with van der Waals surface area (Å²) in [4.78, 5) is 0. The zero-order chi connectivity index (χ0) is 8.59. The van der Waals surface area contributed by atoms with Gasteiger partial charge in [-0.1, -0.05) is 6.07 Å². The summed E-state index contributed by atoms with van der Waals surface area (Å²) in [6.07, 6.45) is 0. The van der Waals surface area contributed by atoms with Gasteiger partial charge in [-0.3, -0.25) is 0 Å². The van der Waals surface area contributed by atoms with Gasteiger partial charge < -0.3 is 23.8 Å². The van der Waals surface area contributed by atoms with Gasteiger partial charge in [0, 0.05) is 11.4 Å². The first kappa shape index (κ1) is 14.3. The summed E-state index contributed by atoms with van der Waals surface area (Å²) >= 11 is 0. The van der Waals surface area contributed by atoms with Crippen molar-refractivity contribution in [3.8, 4) is 0 Å². The summed E-state index contributed by atoms with van der Waals surface area (Å²) < 4.78 is 0. The van der Waals surface area contributed by atoms with E-state index in [1.807, 2.05) is 26.8 Å². The van der Waals surface area contributed by atoms with Crippen LogP contribution in [0.5, 0.6) is 0 Å². The molecule has 76 valence electrons. The minimum atomic E-state index is 0. The molecule has 0 aliphatic carbocycles. The Morgan fingerprint density at radius 1 is 0.846 bits per heavy atom. The van der Waals surface area contributed by atoms with Crippen LogP contribution in [0.15, 0.2) is 6.07 Å². The molecule has 0 saturated carbocycles. The number of anilines is 2. The van der Waals surface area contributed by atoms with E-state index in [2.05, 4.69) is 0 Å². The van der Waals surface area contributed by atoms with Gasteiger partial charge in [0.05, 0.1) is 0 Å². The second kappa shape index (κ2) is 4.69. The van der Waals surface area contributed by atoms with E-state index < -0.39 is 0 Å². The summed E-state index contributed by atoms with van der Waals surface area (Å²) in [7, 11) is 0. The lowest BCUT2D eigenvalue weighted by molar-refractivity contribution is 1.33. The molecule has 4 nitrogen and oxygen atoms in total. The van der Waals surface area contributed by atoms with Crippen LogP contribution >= 0.6 is 0 Å². The zero-order valence-electron chi connectivity index (χ0n) is 8.65. The number of hydrogen-bond donors (Lipinski definition) is 4. The summed E-state index contributed by atoms with van der Waals surface area (Å²) in [5.41, 5.74) is 16.4. The van der Waals surface area contributed by atoms with E-state index >= 15 is 0 Å². The molecule has 1 aromatic rings. The van der Waals surface area contributed by atoms with Crippen LogP contribution in [0.1, 0.15) is 16.7 Å². The van der Waals surface area contributed by atoms with E-state index in [0.717, 1.165) is 28.1 Å². The van der Waals surface area contributed by atoms with E-state index in [0.29, 0.717) is 0 Å². The van der Waals surface area contributed by atoms with Crippen molar-refractivity contribution in [1.82, 2.24) is 12.3 Å². The maximum Gasteiger partial charge on any atom is 0.0394 e. The normalized spacial score (nSPS) is 8.54. The third-order valence-electron chi connectivity index (χ3n) is 2.09. The Morgan fingerprint density at radius 2 is 1.15 bits per heavy atom. The van der Waals surface area contributed by atoms with Crippen LogP contribution in [0.3, 0.4) is 0 Å². The van der Waals surface area contributed by atoms with Gasteiger partial charge in [0.2, 0.25) is 0 Å². The fourth-order valence-corrected chi connectivity index (χ4v) is 1.22. The molecule has 0 bridgehead atoms. The van der Waals surface area contributed by atoms with Crippen LogP contribution in [0.2, 0.25) is 0 Å². The number of nitrogens with two attached hydrogens (primary N) is 2. The lowest BCUT2D eigenvalue weighted by atomic mass is 10.0. The van der Waals surface area contributed by atoms with Gasteiger partial charge in [-0.25, -0.2) is 0 Å². The predicted octanol–water partition coefficient (Wildman–Crippen LogP) is 2.10. The minimum Gasteiger partial charge on any atom is -0.398 e. The smallest absolute Gasteiger partial charge is 0.0394 e. The summed E-state index contributed by atoms with van der Waals surface area (Å²) in [5.74, 6) is 0. The standard InChI is InChI=1S/C9H14N2.2H3N/c1-5-4-6(2)9(11)7(3)8(5)10;;/h4H,10-11H2,1-3H3;2*1H3. The highest BCUT2D eigenvalue weighted by Gasteiger charge is 2.03. The number of aryl methyl sites for hydroxylation is 2. The van der Waals surface area contributed by atoms with Crippen molar-refractivity contribution in [3.63, 3.8) is 0 Å². The molecule has 0 aliphatic heterocycles. The van der Waals surface area contributed by atoms with Gasteiger partial charge >= 0.3 is 0 Å². The summed E-state index contributed by atoms with van der Waals surface area (Å²) in [5, 5.41) is 0. The highest BCUT2D eigenvalue weighted by atomic mass is 14.6. The van der Waals surface area contributed by atoms with Crippen molar-refractivity contribution in [1.29, 1.82) is 0 Å². The second-order valence-electron chi connectivity index (χ2n) is 2.96. The Balaban J connectivity index is 0. The van der Waals surface area contributed by atoms with Gasteiger partial charge in [-0.05, 0) is 37.5 Å². The molecular formula is C9H20N4. The van der Waals surface area contributed by atoms with Crippen LogP contribution in [-0.4, -0.2) is 0 Å². The van der Waals surface area contributed by atoms with Crippen LogP contribution in [0.25, 0.3) is 0 Å². The maximum atomic E-state index is 5.77. The van der Waals surface area contributed by atoms with Crippen LogP contribution < -0.4 is 23.8 Å². The fraction of sp³-hybridized carbons (Fsp3) is 0.333. The first-order valence-electron chi connectivity index (χ1n) is 3.65. The van der Waals surface area contributed by atoms with Crippen molar-refractivity contribution in [2.24, 2.45) is 0 Å². The quantitative estimate of drug-likeness (QED) is 0.461. The predicted molar refractivity (Wildman–Crippen MR) is 59.5 cm³/mol. The highest BCUT2D eigenvalue weighted by Crippen LogP contribution is 2.25. The topological polar surface area (TPSA) is 122 Å². The number of rotatable bonds is 0. The fourth-order valence-electron chi connectivity index (χ4n) is 1.22. The second-order valence-corrected chi connectivity index (χ2v) is 2.96. The molecule has 0 aromatic heterocycles. The maximum absolute atomic E-state index is 5.77. The lowest BCUT2D eigenvalue weighted by Crippen LogP contribution is -2.00. The van der Waals surface area contributed by atoms with Gasteiger partial charge in [0.1, 0.15) is 0 Å². The molecule has 0 fully saturated rings. The molecule has 0 unspecified atom stereocenters. The molecule has 0 aliphatic rings. The van der Waals surface area contributed by atoms with E-state index in [-0.39, 0.29) is 12.3 Å². The Kier molecular flexibility index (Phi) is 5.15. The molecule has 0 heterocycles. The molecule has 0 radical (unpaired) electrons. The van der Waals surface area contributed by atoms with Crippen molar-refractivity contribution in [3.05, 3.63) is 22.8 Å². The van der Waals surface area contributed by atoms with Crippen LogP contribution in [0.4, 0.5) is 11.4 Å². The number of benzene rings is 1. The molecule has 1 aromatic carbocycles. The third-order valence-corrected chi connectivity index (χ3v) is 2.09. The number of hydrogen-bond acceptors (Lipinski definition) is 4. The Labute approximate surface area is 79.5 Å². The molecule has 0 saturated heterocycles. The van der Waals surface area contributed by atoms with Crippen LogP contribution in [-0.2, 0) is 0 Å².